The second-order valence-corrected chi connectivity index (χ2v) is 8.01. The molecule has 0 aromatic heterocycles. The van der Waals surface area contributed by atoms with Crippen LogP contribution in [0.15, 0.2) is 53.4 Å². The Morgan fingerprint density at radius 3 is 2.64 bits per heavy atom. The fourth-order valence-electron chi connectivity index (χ4n) is 2.78. The lowest BCUT2D eigenvalue weighted by Crippen LogP contribution is -2.27. The molecule has 0 N–H and O–H groups in total. The molecule has 0 bridgehead atoms. The highest BCUT2D eigenvalue weighted by Crippen LogP contribution is 2.34. The number of nitrogens with zero attached hydrogens (tertiary/aromatic N) is 1. The van der Waals surface area contributed by atoms with Gasteiger partial charge in [-0.2, -0.15) is 0 Å². The van der Waals surface area contributed by atoms with Crippen molar-refractivity contribution in [2.75, 3.05) is 19.8 Å². The molecule has 0 saturated carbocycles. The van der Waals surface area contributed by atoms with E-state index in [1.807, 2.05) is 68.5 Å². The molecule has 6 heteroatoms. The molecule has 1 amide bonds. The Morgan fingerprint density at radius 1 is 1.11 bits per heavy atom. The summed E-state index contributed by atoms with van der Waals surface area (Å²) in [5, 5.41) is 0. The third-order valence-electron chi connectivity index (χ3n) is 4.20. The van der Waals surface area contributed by atoms with Gasteiger partial charge < -0.3 is 9.47 Å². The Kier molecular flexibility index (Phi) is 7.12. The molecule has 2 aromatic rings. The normalized spacial score (nSPS) is 15.4. The third-order valence-corrected chi connectivity index (χ3v) is 5.58. The third kappa shape index (κ3) is 5.14. The molecule has 146 valence electrons. The van der Waals surface area contributed by atoms with Crippen LogP contribution in [0.25, 0.3) is 6.08 Å². The summed E-state index contributed by atoms with van der Waals surface area (Å²) in [7, 11) is 0. The quantitative estimate of drug-likeness (QED) is 0.343. The van der Waals surface area contributed by atoms with Gasteiger partial charge in [0.2, 0.25) is 0 Å². The molecular weight excluding hydrogens is 390 g/mol. The highest BCUT2D eigenvalue weighted by molar-refractivity contribution is 8.26. The number of benzene rings is 2. The average molecular weight is 414 g/mol. The van der Waals surface area contributed by atoms with Crippen molar-refractivity contribution in [1.82, 2.24) is 4.90 Å². The van der Waals surface area contributed by atoms with Crippen molar-refractivity contribution >= 4 is 40.3 Å². The number of thioether (sulfide) groups is 1. The summed E-state index contributed by atoms with van der Waals surface area (Å²) in [6.45, 7) is 5.67. The van der Waals surface area contributed by atoms with Crippen molar-refractivity contribution in [1.29, 1.82) is 0 Å². The number of aryl methyl sites for hydroxylation is 1. The summed E-state index contributed by atoms with van der Waals surface area (Å²) in [6.07, 6.45) is 2.62. The minimum atomic E-state index is -0.0427. The van der Waals surface area contributed by atoms with Crippen LogP contribution in [0.1, 0.15) is 24.5 Å². The molecule has 1 heterocycles. The van der Waals surface area contributed by atoms with Crippen molar-refractivity contribution < 1.29 is 14.3 Å². The predicted molar refractivity (Wildman–Crippen MR) is 119 cm³/mol. The van der Waals surface area contributed by atoms with E-state index in [2.05, 4.69) is 0 Å². The van der Waals surface area contributed by atoms with Crippen LogP contribution in [-0.2, 0) is 4.79 Å². The molecule has 1 fully saturated rings. The smallest absolute Gasteiger partial charge is 0.266 e. The summed E-state index contributed by atoms with van der Waals surface area (Å²) in [4.78, 5) is 14.7. The Labute approximate surface area is 175 Å². The van der Waals surface area contributed by atoms with Crippen molar-refractivity contribution in [2.24, 2.45) is 0 Å². The van der Waals surface area contributed by atoms with Gasteiger partial charge in [0.15, 0.2) is 0 Å². The molecule has 1 saturated heterocycles. The number of para-hydroxylation sites is 1. The molecule has 1 aliphatic heterocycles. The molecule has 0 aliphatic carbocycles. The highest BCUT2D eigenvalue weighted by Gasteiger charge is 2.30. The second-order valence-electron chi connectivity index (χ2n) is 6.33. The van der Waals surface area contributed by atoms with E-state index in [-0.39, 0.29) is 5.91 Å². The van der Waals surface area contributed by atoms with E-state index < -0.39 is 0 Å². The van der Waals surface area contributed by atoms with Crippen LogP contribution >= 0.6 is 24.0 Å². The monoisotopic (exact) mass is 413 g/mol. The zero-order valence-corrected chi connectivity index (χ0v) is 17.6. The minimum Gasteiger partial charge on any atom is -0.493 e. The first-order chi connectivity index (χ1) is 13.6. The van der Waals surface area contributed by atoms with E-state index in [4.69, 9.17) is 21.7 Å². The minimum absolute atomic E-state index is 0.0427. The van der Waals surface area contributed by atoms with Crippen LogP contribution in [-0.4, -0.2) is 34.9 Å². The van der Waals surface area contributed by atoms with Gasteiger partial charge in [0, 0.05) is 18.5 Å². The molecular formula is C22H23NO3S2. The second kappa shape index (κ2) is 9.75. The van der Waals surface area contributed by atoms with Gasteiger partial charge in [-0.15, -0.1) is 0 Å². The van der Waals surface area contributed by atoms with Gasteiger partial charge in [-0.3, -0.25) is 9.69 Å². The summed E-state index contributed by atoms with van der Waals surface area (Å²) in [5.41, 5.74) is 2.05. The standard InChI is InChI=1S/C22H23NO3S2/c1-3-23-21(24)20(28-22(23)27)15-17-9-4-5-11-19(17)26-13-7-12-25-18-10-6-8-16(2)14-18/h4-6,8-11,14-15H,3,7,12-13H2,1-2H3. The van der Waals surface area contributed by atoms with Gasteiger partial charge in [-0.05, 0) is 43.7 Å². The lowest BCUT2D eigenvalue weighted by molar-refractivity contribution is -0.121. The first-order valence-electron chi connectivity index (χ1n) is 9.25. The van der Waals surface area contributed by atoms with Crippen LogP contribution in [0.4, 0.5) is 0 Å². The number of thiocarbonyl (C=S) groups is 1. The number of likely N-dealkylation sites (N-methyl/N-ethyl adjacent to an activating group) is 1. The van der Waals surface area contributed by atoms with Crippen molar-refractivity contribution in [3.05, 3.63) is 64.6 Å². The van der Waals surface area contributed by atoms with E-state index in [1.165, 1.54) is 17.3 Å². The van der Waals surface area contributed by atoms with Crippen molar-refractivity contribution in [3.8, 4) is 11.5 Å². The van der Waals surface area contributed by atoms with Gasteiger partial charge in [-0.1, -0.05) is 54.3 Å². The maximum absolute atomic E-state index is 12.4. The number of amides is 1. The van der Waals surface area contributed by atoms with Crippen LogP contribution < -0.4 is 9.47 Å². The Bertz CT molecular complexity index is 895. The van der Waals surface area contributed by atoms with E-state index >= 15 is 0 Å². The summed E-state index contributed by atoms with van der Waals surface area (Å²) >= 11 is 6.61. The van der Waals surface area contributed by atoms with Crippen LogP contribution in [0.3, 0.4) is 0 Å². The Balaban J connectivity index is 1.56. The molecule has 0 radical (unpaired) electrons. The highest BCUT2D eigenvalue weighted by atomic mass is 32.2. The fraction of sp³-hybridized carbons (Fsp3) is 0.273. The number of hydrogen-bond donors (Lipinski definition) is 0. The van der Waals surface area contributed by atoms with Crippen molar-refractivity contribution in [2.45, 2.75) is 20.3 Å². The topological polar surface area (TPSA) is 38.8 Å². The summed E-state index contributed by atoms with van der Waals surface area (Å²) < 4.78 is 12.3. The lowest BCUT2D eigenvalue weighted by atomic mass is 10.2. The zero-order chi connectivity index (χ0) is 19.9. The molecule has 0 unspecified atom stereocenters. The maximum Gasteiger partial charge on any atom is 0.266 e. The number of hydrogen-bond acceptors (Lipinski definition) is 5. The van der Waals surface area contributed by atoms with E-state index in [1.54, 1.807) is 4.90 Å². The molecule has 0 atom stereocenters. The Hall–Kier alpha value is -2.31. The van der Waals surface area contributed by atoms with Crippen LogP contribution in [0.5, 0.6) is 11.5 Å². The van der Waals surface area contributed by atoms with E-state index in [9.17, 15) is 4.79 Å². The lowest BCUT2D eigenvalue weighted by Gasteiger charge is -2.11. The Morgan fingerprint density at radius 2 is 1.89 bits per heavy atom. The predicted octanol–water partition coefficient (Wildman–Crippen LogP) is 5.06. The molecule has 0 spiro atoms. The summed E-state index contributed by atoms with van der Waals surface area (Å²) in [6, 6.07) is 15.7. The number of carbonyl (C=O) groups excluding carboxylic acids is 1. The van der Waals surface area contributed by atoms with Gasteiger partial charge in [-0.25, -0.2) is 0 Å². The maximum atomic E-state index is 12.4. The van der Waals surface area contributed by atoms with Crippen LogP contribution in [0, 0.1) is 6.92 Å². The fourth-order valence-corrected chi connectivity index (χ4v) is 4.16. The molecule has 28 heavy (non-hydrogen) atoms. The van der Waals surface area contributed by atoms with Crippen LogP contribution in [0.2, 0.25) is 0 Å². The van der Waals surface area contributed by atoms with Gasteiger partial charge in [0.1, 0.15) is 15.8 Å². The van der Waals surface area contributed by atoms with Gasteiger partial charge >= 0.3 is 0 Å². The average Bonchev–Trinajstić information content (AvgIpc) is 2.95. The number of rotatable bonds is 8. The molecule has 3 rings (SSSR count). The first-order valence-corrected chi connectivity index (χ1v) is 10.5. The number of ether oxygens (including phenoxy) is 2. The zero-order valence-electron chi connectivity index (χ0n) is 16.0. The van der Waals surface area contributed by atoms with E-state index in [0.717, 1.165) is 23.5 Å². The molecule has 1 aliphatic rings. The SMILES string of the molecule is CCN1C(=O)C(=Cc2ccccc2OCCCOc2cccc(C)c2)SC1=S. The summed E-state index contributed by atoms with van der Waals surface area (Å²) in [5.74, 6) is 1.58. The first kappa shape index (κ1) is 20.4. The van der Waals surface area contributed by atoms with E-state index in [0.29, 0.717) is 29.0 Å². The molecule has 2 aromatic carbocycles. The number of carbonyl (C=O) groups is 1. The van der Waals surface area contributed by atoms with Crippen molar-refractivity contribution in [3.63, 3.8) is 0 Å². The largest absolute Gasteiger partial charge is 0.493 e. The van der Waals surface area contributed by atoms with Gasteiger partial charge in [0.05, 0.1) is 18.1 Å². The van der Waals surface area contributed by atoms with Gasteiger partial charge in [0.25, 0.3) is 5.91 Å². The molecule has 4 nitrogen and oxygen atoms in total.